The van der Waals surface area contributed by atoms with Gasteiger partial charge in [-0.15, -0.1) is 0 Å². The second-order valence-electron chi connectivity index (χ2n) is 4.59. The molecule has 0 aromatic carbocycles. The topological polar surface area (TPSA) is 67.2 Å². The number of hydrogen-bond acceptors (Lipinski definition) is 3. The lowest BCUT2D eigenvalue weighted by Crippen LogP contribution is -2.38. The molecule has 5 heteroatoms. The Hall–Kier alpha value is -1.36. The van der Waals surface area contributed by atoms with Gasteiger partial charge in [0.2, 0.25) is 5.91 Å². The molecule has 0 unspecified atom stereocenters. The van der Waals surface area contributed by atoms with Crippen LogP contribution in [0.3, 0.4) is 0 Å². The average molecular weight is 237 g/mol. The van der Waals surface area contributed by atoms with Crippen LogP contribution in [0.4, 0.5) is 0 Å². The molecule has 1 aromatic heterocycles. The number of hydrogen-bond donors (Lipinski definition) is 2. The maximum Gasteiger partial charge on any atom is 0.222 e. The molecular formula is C12H19N3O2. The molecule has 0 bridgehead atoms. The number of nitrogens with one attached hydrogen (secondary N) is 1. The van der Waals surface area contributed by atoms with Crippen molar-refractivity contribution in [2.45, 2.75) is 50.8 Å². The SMILES string of the molecule is O=C(CCn1cccn1)NC1CCC(O)CC1. The zero-order chi connectivity index (χ0) is 12.1. The summed E-state index contributed by atoms with van der Waals surface area (Å²) in [6.45, 7) is 0.619. The molecule has 2 N–H and O–H groups in total. The second kappa shape index (κ2) is 5.82. The quantitative estimate of drug-likeness (QED) is 0.809. The average Bonchev–Trinajstić information content (AvgIpc) is 2.83. The number of aromatic nitrogens is 2. The minimum absolute atomic E-state index is 0.0712. The van der Waals surface area contributed by atoms with E-state index in [1.54, 1.807) is 10.9 Å². The first-order chi connectivity index (χ1) is 8.24. The van der Waals surface area contributed by atoms with E-state index in [-0.39, 0.29) is 18.1 Å². The number of carbonyl (C=O) groups excluding carboxylic acids is 1. The number of amides is 1. The fourth-order valence-corrected chi connectivity index (χ4v) is 2.17. The molecule has 0 saturated heterocycles. The first-order valence-corrected chi connectivity index (χ1v) is 6.19. The van der Waals surface area contributed by atoms with E-state index in [9.17, 15) is 9.90 Å². The minimum atomic E-state index is -0.174. The predicted molar refractivity (Wildman–Crippen MR) is 63.2 cm³/mol. The molecule has 1 aliphatic rings. The molecule has 1 aliphatic carbocycles. The smallest absolute Gasteiger partial charge is 0.222 e. The standard InChI is InChI=1S/C12H19N3O2/c16-11-4-2-10(3-5-11)14-12(17)6-9-15-8-1-7-13-15/h1,7-8,10-11,16H,2-6,9H2,(H,14,17). The zero-order valence-corrected chi connectivity index (χ0v) is 9.88. The van der Waals surface area contributed by atoms with Crippen LogP contribution in [-0.4, -0.2) is 32.9 Å². The van der Waals surface area contributed by atoms with Gasteiger partial charge in [0.15, 0.2) is 0 Å². The summed E-state index contributed by atoms with van der Waals surface area (Å²) in [5.74, 6) is 0.0712. The molecule has 17 heavy (non-hydrogen) atoms. The predicted octanol–water partition coefficient (Wildman–Crippen LogP) is 0.693. The largest absolute Gasteiger partial charge is 0.393 e. The Morgan fingerprint density at radius 2 is 2.18 bits per heavy atom. The summed E-state index contributed by atoms with van der Waals surface area (Å²) < 4.78 is 1.75. The van der Waals surface area contributed by atoms with Gasteiger partial charge in [-0.05, 0) is 31.7 Å². The first-order valence-electron chi connectivity index (χ1n) is 6.19. The van der Waals surface area contributed by atoms with Crippen molar-refractivity contribution < 1.29 is 9.90 Å². The van der Waals surface area contributed by atoms with E-state index >= 15 is 0 Å². The van der Waals surface area contributed by atoms with Gasteiger partial charge in [0.25, 0.3) is 0 Å². The monoisotopic (exact) mass is 237 g/mol. The van der Waals surface area contributed by atoms with Crippen LogP contribution >= 0.6 is 0 Å². The molecule has 0 aliphatic heterocycles. The molecule has 1 fully saturated rings. The first kappa shape index (κ1) is 12.1. The Bertz CT molecular complexity index is 343. The van der Waals surface area contributed by atoms with E-state index in [0.29, 0.717) is 13.0 Å². The molecule has 1 saturated carbocycles. The lowest BCUT2D eigenvalue weighted by molar-refractivity contribution is -0.122. The molecule has 5 nitrogen and oxygen atoms in total. The van der Waals surface area contributed by atoms with Crippen molar-refractivity contribution in [3.05, 3.63) is 18.5 Å². The van der Waals surface area contributed by atoms with Crippen LogP contribution in [-0.2, 0) is 11.3 Å². The van der Waals surface area contributed by atoms with Crippen LogP contribution in [0.15, 0.2) is 18.5 Å². The Labute approximate surface area is 101 Å². The van der Waals surface area contributed by atoms with E-state index in [4.69, 9.17) is 0 Å². The van der Waals surface area contributed by atoms with Crippen LogP contribution in [0.25, 0.3) is 0 Å². The van der Waals surface area contributed by atoms with Crippen molar-refractivity contribution in [1.29, 1.82) is 0 Å². The summed E-state index contributed by atoms with van der Waals surface area (Å²) >= 11 is 0. The number of rotatable bonds is 4. The van der Waals surface area contributed by atoms with E-state index in [1.165, 1.54) is 0 Å². The van der Waals surface area contributed by atoms with Gasteiger partial charge in [0.05, 0.1) is 6.10 Å². The number of aliphatic hydroxyl groups excluding tert-OH is 1. The van der Waals surface area contributed by atoms with Crippen LogP contribution in [0.5, 0.6) is 0 Å². The van der Waals surface area contributed by atoms with Crippen LogP contribution < -0.4 is 5.32 Å². The normalized spacial score (nSPS) is 24.5. The van der Waals surface area contributed by atoms with E-state index < -0.39 is 0 Å². The van der Waals surface area contributed by atoms with Gasteiger partial charge >= 0.3 is 0 Å². The summed E-state index contributed by atoms with van der Waals surface area (Å²) in [7, 11) is 0. The van der Waals surface area contributed by atoms with Gasteiger partial charge in [-0.25, -0.2) is 0 Å². The van der Waals surface area contributed by atoms with Gasteiger partial charge in [-0.3, -0.25) is 9.48 Å². The number of carbonyl (C=O) groups is 1. The molecule has 0 radical (unpaired) electrons. The number of aliphatic hydroxyl groups is 1. The van der Waals surface area contributed by atoms with Crippen LogP contribution in [0.2, 0.25) is 0 Å². The number of aryl methyl sites for hydroxylation is 1. The minimum Gasteiger partial charge on any atom is -0.393 e. The highest BCUT2D eigenvalue weighted by molar-refractivity contribution is 5.76. The molecule has 0 spiro atoms. The Morgan fingerprint density at radius 1 is 1.41 bits per heavy atom. The van der Waals surface area contributed by atoms with Crippen molar-refractivity contribution in [3.63, 3.8) is 0 Å². The van der Waals surface area contributed by atoms with Gasteiger partial charge in [0.1, 0.15) is 0 Å². The molecular weight excluding hydrogens is 218 g/mol. The Kier molecular flexibility index (Phi) is 4.14. The maximum absolute atomic E-state index is 11.7. The van der Waals surface area contributed by atoms with E-state index in [1.807, 2.05) is 12.3 Å². The summed E-state index contributed by atoms with van der Waals surface area (Å²) in [6.07, 6.45) is 7.20. The third-order valence-corrected chi connectivity index (χ3v) is 3.19. The lowest BCUT2D eigenvalue weighted by Gasteiger charge is -2.26. The van der Waals surface area contributed by atoms with Crippen molar-refractivity contribution in [2.75, 3.05) is 0 Å². The van der Waals surface area contributed by atoms with Crippen LogP contribution in [0, 0.1) is 0 Å². The summed E-state index contributed by atoms with van der Waals surface area (Å²) in [5.41, 5.74) is 0. The lowest BCUT2D eigenvalue weighted by atomic mass is 9.93. The second-order valence-corrected chi connectivity index (χ2v) is 4.59. The van der Waals surface area contributed by atoms with Crippen molar-refractivity contribution in [1.82, 2.24) is 15.1 Å². The Balaban J connectivity index is 1.67. The zero-order valence-electron chi connectivity index (χ0n) is 9.88. The summed E-state index contributed by atoms with van der Waals surface area (Å²) in [6, 6.07) is 2.09. The highest BCUT2D eigenvalue weighted by Gasteiger charge is 2.20. The van der Waals surface area contributed by atoms with Crippen molar-refractivity contribution in [3.8, 4) is 0 Å². The van der Waals surface area contributed by atoms with E-state index in [0.717, 1.165) is 25.7 Å². The third-order valence-electron chi connectivity index (χ3n) is 3.19. The highest BCUT2D eigenvalue weighted by Crippen LogP contribution is 2.18. The molecule has 2 rings (SSSR count). The van der Waals surface area contributed by atoms with Gasteiger partial charge in [-0.2, -0.15) is 5.10 Å². The molecule has 0 atom stereocenters. The molecule has 1 amide bonds. The van der Waals surface area contributed by atoms with Crippen molar-refractivity contribution >= 4 is 5.91 Å². The maximum atomic E-state index is 11.7. The van der Waals surface area contributed by atoms with Gasteiger partial charge in [0, 0.05) is 31.4 Å². The third kappa shape index (κ3) is 3.85. The molecule has 1 heterocycles. The fraction of sp³-hybridized carbons (Fsp3) is 0.667. The summed E-state index contributed by atoms with van der Waals surface area (Å²) in [5, 5.41) is 16.4. The van der Waals surface area contributed by atoms with Crippen molar-refractivity contribution in [2.24, 2.45) is 0 Å². The molecule has 1 aromatic rings. The van der Waals surface area contributed by atoms with E-state index in [2.05, 4.69) is 10.4 Å². The highest BCUT2D eigenvalue weighted by atomic mass is 16.3. The van der Waals surface area contributed by atoms with Gasteiger partial charge < -0.3 is 10.4 Å². The van der Waals surface area contributed by atoms with Gasteiger partial charge in [-0.1, -0.05) is 0 Å². The fourth-order valence-electron chi connectivity index (χ4n) is 2.17. The van der Waals surface area contributed by atoms with Crippen LogP contribution in [0.1, 0.15) is 32.1 Å². The summed E-state index contributed by atoms with van der Waals surface area (Å²) in [4.78, 5) is 11.7. The Morgan fingerprint density at radius 3 is 2.82 bits per heavy atom. The number of nitrogens with zero attached hydrogens (tertiary/aromatic N) is 2. The molecule has 94 valence electrons.